The molecule has 2 aliphatic heterocycles. The van der Waals surface area contributed by atoms with Crippen molar-refractivity contribution in [3.63, 3.8) is 0 Å². The van der Waals surface area contributed by atoms with Crippen molar-refractivity contribution in [2.24, 2.45) is 0 Å². The topological polar surface area (TPSA) is 503 Å². The number of phenolic OH excluding ortho intramolecular Hbond substituents is 4. The first-order valence-electron chi connectivity index (χ1n) is 11.6. The molecule has 260 valence electrons. The number of carbonyl (C=O) groups is 1. The van der Waals surface area contributed by atoms with Crippen molar-refractivity contribution in [2.75, 3.05) is 0 Å². The number of hydrogen-bond donors (Lipinski definition) is 23. The third-order valence-corrected chi connectivity index (χ3v) is 8.00. The largest absolute Gasteiger partial charge is 0.504 e. The molecule has 1 aromatic carbocycles. The molecule has 0 aliphatic carbocycles. The number of rotatable bonds is 5. The molecule has 27 heteroatoms. The van der Waals surface area contributed by atoms with Crippen LogP contribution in [0.15, 0.2) is 0 Å². The van der Waals surface area contributed by atoms with Gasteiger partial charge in [-0.1, -0.05) is 0 Å². The number of aromatic nitrogens is 2. The molecule has 27 nitrogen and oxygen atoms in total. The Morgan fingerprint density at radius 2 is 0.957 bits per heavy atom. The Bertz CT molecular complexity index is 1600. The number of fused-ring (bicyclic) bond motifs is 3. The van der Waals surface area contributed by atoms with E-state index in [4.69, 9.17) is 0 Å². The second-order valence-electron chi connectivity index (χ2n) is 10.6. The number of aliphatic hydroxyl groups is 19. The summed E-state index contributed by atoms with van der Waals surface area (Å²) in [6.07, 6.45) is -12.5. The van der Waals surface area contributed by atoms with Crippen molar-refractivity contribution < 1.29 is 122 Å². The van der Waals surface area contributed by atoms with Crippen LogP contribution < -0.4 is 0 Å². The Kier molecular flexibility index (Phi) is 6.82. The molecule has 4 rings (SSSR count). The molecule has 1 aromatic heterocycles. The molecular formula is C19H25N3O24. The van der Waals surface area contributed by atoms with E-state index in [1.54, 1.807) is 0 Å². The molecule has 2 aliphatic rings. The number of aromatic hydroxyl groups is 4. The first-order chi connectivity index (χ1) is 20.1. The number of nitrogens with zero attached hydrogens (tertiary/aromatic N) is 3. The van der Waals surface area contributed by atoms with E-state index in [9.17, 15) is 122 Å². The zero-order valence-corrected chi connectivity index (χ0v) is 21.7. The van der Waals surface area contributed by atoms with Gasteiger partial charge in [0, 0.05) is 0 Å². The highest BCUT2D eigenvalue weighted by molar-refractivity contribution is 6.11. The number of Topliss-reactive ketones (excluding diaryl/α,β-unsaturated/α-hetero) is 1. The minimum atomic E-state index is -5.70. The Labute approximate surface area is 247 Å². The summed E-state index contributed by atoms with van der Waals surface area (Å²) >= 11 is 0. The summed E-state index contributed by atoms with van der Waals surface area (Å²) in [6.45, 7) is 0. The number of piperidine rings is 2. The summed E-state index contributed by atoms with van der Waals surface area (Å²) in [6, 6.07) is 0. The fourth-order valence-electron chi connectivity index (χ4n) is 5.62. The zero-order valence-electron chi connectivity index (χ0n) is 21.7. The van der Waals surface area contributed by atoms with Crippen LogP contribution in [-0.4, -0.2) is 190 Å². The minimum Gasteiger partial charge on any atom is -0.504 e. The number of phenols is 4. The molecule has 0 amide bonds. The van der Waals surface area contributed by atoms with Gasteiger partial charge in [0.2, 0.25) is 34.5 Å². The lowest BCUT2D eigenvalue weighted by Gasteiger charge is -2.75. The van der Waals surface area contributed by atoms with Crippen LogP contribution >= 0.6 is 0 Å². The quantitative estimate of drug-likeness (QED) is 0.0603. The third-order valence-electron chi connectivity index (χ3n) is 8.00. The van der Waals surface area contributed by atoms with E-state index < -0.39 is 120 Å². The molecule has 2 aromatic rings. The molecule has 2 saturated heterocycles. The van der Waals surface area contributed by atoms with Gasteiger partial charge in [0.15, 0.2) is 22.9 Å². The molecule has 0 spiro atoms. The van der Waals surface area contributed by atoms with Gasteiger partial charge < -0.3 is 117 Å². The van der Waals surface area contributed by atoms with Gasteiger partial charge in [0.1, 0.15) is 11.2 Å². The van der Waals surface area contributed by atoms with Crippen LogP contribution in [0.2, 0.25) is 0 Å². The van der Waals surface area contributed by atoms with Crippen LogP contribution in [0.4, 0.5) is 0 Å². The van der Waals surface area contributed by atoms with Crippen LogP contribution in [0.1, 0.15) is 16.9 Å². The molecule has 0 radical (unpaired) electrons. The summed E-state index contributed by atoms with van der Waals surface area (Å²) in [5, 5.41) is 239. The van der Waals surface area contributed by atoms with E-state index in [2.05, 4.69) is 5.10 Å². The van der Waals surface area contributed by atoms with E-state index in [1.165, 1.54) is 0 Å². The molecule has 3 heterocycles. The van der Waals surface area contributed by atoms with Crippen molar-refractivity contribution in [3.8, 4) is 23.0 Å². The average molecular weight is 679 g/mol. The standard InChI is InChI=1S/C19H25N3O24/c23-2(4-3-5(21(20-4)18(41,42)43)7(25)9(27)8(26)6(3)24)1-10(28)13(31,32)11(29)15(35,36)17(39,40)16(37,38)12(30,14(10,33)34)22(11)19(44,45)46/h24-46H,1H2. The first kappa shape index (κ1) is 35.6. The number of carbonyl (C=O) groups excluding carboxylic acids is 1. The fraction of sp³-hybridized carbons (Fsp3) is 0.579. The predicted octanol–water partition coefficient (Wildman–Crippen LogP) is -12.6. The van der Waals surface area contributed by atoms with Gasteiger partial charge in [0.05, 0.1) is 11.8 Å². The highest BCUT2D eigenvalue weighted by Crippen LogP contribution is 2.66. The first-order valence-corrected chi connectivity index (χ1v) is 11.6. The van der Waals surface area contributed by atoms with E-state index in [0.29, 0.717) is 0 Å². The van der Waals surface area contributed by atoms with Crippen LogP contribution in [0.5, 0.6) is 23.0 Å². The lowest BCUT2D eigenvalue weighted by molar-refractivity contribution is -0.686. The van der Waals surface area contributed by atoms with Gasteiger partial charge in [-0.3, -0.25) is 4.79 Å². The van der Waals surface area contributed by atoms with Gasteiger partial charge >= 0.3 is 12.2 Å². The monoisotopic (exact) mass is 679 g/mol. The van der Waals surface area contributed by atoms with Crippen LogP contribution in [0, 0.1) is 0 Å². The van der Waals surface area contributed by atoms with E-state index in [-0.39, 0.29) is 0 Å². The molecular weight excluding hydrogens is 654 g/mol. The summed E-state index contributed by atoms with van der Waals surface area (Å²) in [7, 11) is 0. The van der Waals surface area contributed by atoms with Crippen LogP contribution in [-0.2, 0) is 6.10 Å². The van der Waals surface area contributed by atoms with Crippen molar-refractivity contribution >= 4 is 16.7 Å². The van der Waals surface area contributed by atoms with Gasteiger partial charge in [-0.05, 0) is 0 Å². The molecule has 0 saturated carbocycles. The van der Waals surface area contributed by atoms with E-state index in [0.717, 1.165) is 0 Å². The molecule has 2 atom stereocenters. The van der Waals surface area contributed by atoms with Crippen molar-refractivity contribution in [1.29, 1.82) is 0 Å². The van der Waals surface area contributed by atoms with E-state index >= 15 is 0 Å². The minimum absolute atomic E-state index is 0.634. The number of benzene rings is 1. The maximum absolute atomic E-state index is 13.4. The van der Waals surface area contributed by atoms with Crippen LogP contribution in [0.25, 0.3) is 10.9 Å². The molecule has 2 fully saturated rings. The third kappa shape index (κ3) is 3.40. The smallest absolute Gasteiger partial charge is 0.389 e. The highest BCUT2D eigenvalue weighted by Gasteiger charge is 3.01. The maximum atomic E-state index is 13.4. The highest BCUT2D eigenvalue weighted by atomic mass is 16.8. The number of ketones is 1. The average Bonchev–Trinajstić information content (AvgIpc) is 3.29. The van der Waals surface area contributed by atoms with Crippen molar-refractivity contribution in [1.82, 2.24) is 14.7 Å². The lowest BCUT2D eigenvalue weighted by atomic mass is 9.55. The molecule has 23 N–H and O–H groups in total. The predicted molar refractivity (Wildman–Crippen MR) is 122 cm³/mol. The Hall–Kier alpha value is -3.24. The number of hydrogen-bond acceptors (Lipinski definition) is 26. The van der Waals surface area contributed by atoms with E-state index in [1.807, 2.05) is 0 Å². The molecule has 2 bridgehead atoms. The summed E-state index contributed by atoms with van der Waals surface area (Å²) < 4.78 is -0.634. The zero-order chi connectivity index (χ0) is 36.2. The summed E-state index contributed by atoms with van der Waals surface area (Å²) in [5.74, 6) is -37.6. The van der Waals surface area contributed by atoms with Crippen molar-refractivity contribution in [3.05, 3.63) is 5.69 Å². The summed E-state index contributed by atoms with van der Waals surface area (Å²) in [4.78, 5) is 11.4. The SMILES string of the molecule is O=C(CC1(O)C(O)(O)C2(O)N(C(O)(O)O)C(O)(C(O)(O)C(O)(O)C2(O)O)C1(O)O)c1nn(C(O)(O)O)c2c(O)c(O)c(O)c(O)c12. The molecule has 2 unspecified atom stereocenters. The van der Waals surface area contributed by atoms with Gasteiger partial charge in [-0.25, -0.2) is 0 Å². The summed E-state index contributed by atoms with van der Waals surface area (Å²) in [5.41, 5.74) is -19.9. The Balaban J connectivity index is 2.12. The van der Waals surface area contributed by atoms with Crippen molar-refractivity contribution in [2.45, 2.75) is 64.6 Å². The maximum Gasteiger partial charge on any atom is 0.389 e. The lowest BCUT2D eigenvalue weighted by Crippen LogP contribution is -3.08. The normalized spacial score (nSPS) is 31.6. The Morgan fingerprint density at radius 1 is 0.565 bits per heavy atom. The second kappa shape index (κ2) is 8.81. The van der Waals surface area contributed by atoms with Gasteiger partial charge in [-0.2, -0.15) is 9.78 Å². The van der Waals surface area contributed by atoms with Crippen LogP contribution in [0.3, 0.4) is 0 Å². The fourth-order valence-corrected chi connectivity index (χ4v) is 5.62. The van der Waals surface area contributed by atoms with Gasteiger partial charge in [-0.15, -0.1) is 4.90 Å². The van der Waals surface area contributed by atoms with Gasteiger partial charge in [0.25, 0.3) is 17.4 Å². The second-order valence-corrected chi connectivity index (χ2v) is 10.6. The molecule has 46 heavy (non-hydrogen) atoms. The Morgan fingerprint density at radius 3 is 1.33 bits per heavy atom.